The van der Waals surface area contributed by atoms with Crippen molar-refractivity contribution in [3.63, 3.8) is 0 Å². The van der Waals surface area contributed by atoms with Crippen LogP contribution in [-0.2, 0) is 4.74 Å². The minimum absolute atomic E-state index is 0.217. The molecule has 3 nitrogen and oxygen atoms in total. The molecule has 104 valence electrons. The molecule has 0 saturated carbocycles. The van der Waals surface area contributed by atoms with Gasteiger partial charge in [-0.25, -0.2) is 4.79 Å². The lowest BCUT2D eigenvalue weighted by atomic mass is 10.1. The number of amides is 1. The monoisotopic (exact) mass is 279 g/mol. The molecule has 0 saturated heterocycles. The molecule has 19 heavy (non-hydrogen) atoms. The van der Waals surface area contributed by atoms with Gasteiger partial charge >= 0.3 is 6.09 Å². The van der Waals surface area contributed by atoms with Crippen molar-refractivity contribution in [3.05, 3.63) is 28.0 Å². The van der Waals surface area contributed by atoms with Gasteiger partial charge in [-0.1, -0.05) is 6.08 Å². The molecule has 2 heterocycles. The number of thiophene rings is 1. The van der Waals surface area contributed by atoms with Crippen LogP contribution in [0.1, 0.15) is 37.6 Å². The van der Waals surface area contributed by atoms with Gasteiger partial charge in [0.25, 0.3) is 0 Å². The number of ether oxygens (including phenoxy) is 1. The molecule has 1 aliphatic rings. The minimum atomic E-state index is -0.425. The van der Waals surface area contributed by atoms with Gasteiger partial charge in [-0.05, 0) is 56.7 Å². The van der Waals surface area contributed by atoms with Gasteiger partial charge < -0.3 is 9.64 Å². The Bertz CT molecular complexity index is 496. The molecular weight excluding hydrogens is 258 g/mol. The van der Waals surface area contributed by atoms with Crippen LogP contribution in [-0.4, -0.2) is 29.7 Å². The molecule has 0 spiro atoms. The highest BCUT2D eigenvalue weighted by atomic mass is 32.1. The molecule has 1 amide bonds. The quantitative estimate of drug-likeness (QED) is 0.775. The molecule has 0 aliphatic carbocycles. The van der Waals surface area contributed by atoms with Crippen molar-refractivity contribution < 1.29 is 9.53 Å². The fourth-order valence-corrected chi connectivity index (χ4v) is 2.96. The number of aryl methyl sites for hydroxylation is 1. The Morgan fingerprint density at radius 1 is 1.42 bits per heavy atom. The normalized spacial score (nSPS) is 16.2. The molecule has 0 N–H and O–H groups in total. The summed E-state index contributed by atoms with van der Waals surface area (Å²) in [5, 5.41) is 2.16. The first kappa shape index (κ1) is 14.1. The largest absolute Gasteiger partial charge is 0.444 e. The number of carbonyl (C=O) groups excluding carboxylic acids is 1. The second kappa shape index (κ2) is 5.37. The highest BCUT2D eigenvalue weighted by Gasteiger charge is 2.23. The molecule has 1 aromatic rings. The molecule has 0 unspecified atom stereocenters. The zero-order valence-corrected chi connectivity index (χ0v) is 12.8. The fourth-order valence-electron chi connectivity index (χ4n) is 1.98. The van der Waals surface area contributed by atoms with Crippen LogP contribution >= 0.6 is 11.3 Å². The molecular formula is C15H21NO2S. The molecule has 0 atom stereocenters. The zero-order valence-electron chi connectivity index (χ0n) is 12.0. The number of carbonyl (C=O) groups is 1. The van der Waals surface area contributed by atoms with Crippen LogP contribution in [0, 0.1) is 6.92 Å². The predicted octanol–water partition coefficient (Wildman–Crippen LogP) is 4.08. The predicted molar refractivity (Wildman–Crippen MR) is 79.5 cm³/mol. The average Bonchev–Trinajstić information content (AvgIpc) is 2.74. The van der Waals surface area contributed by atoms with Crippen LogP contribution in [0.2, 0.25) is 0 Å². The van der Waals surface area contributed by atoms with Crippen LogP contribution in [0.4, 0.5) is 4.79 Å². The Balaban J connectivity index is 1.98. The van der Waals surface area contributed by atoms with Crippen molar-refractivity contribution in [1.29, 1.82) is 0 Å². The van der Waals surface area contributed by atoms with E-state index < -0.39 is 5.60 Å². The minimum Gasteiger partial charge on any atom is -0.444 e. The Labute approximate surface area is 118 Å². The standard InChI is InChI=1S/C15H21NO2S/c1-11-9-13(19-10-11)12-5-7-16(8-6-12)14(17)18-15(2,3)4/h5,9-10H,6-8H2,1-4H3. The topological polar surface area (TPSA) is 29.5 Å². The molecule has 0 aromatic carbocycles. The van der Waals surface area contributed by atoms with Gasteiger partial charge in [0.2, 0.25) is 0 Å². The lowest BCUT2D eigenvalue weighted by molar-refractivity contribution is 0.0270. The van der Waals surface area contributed by atoms with Gasteiger partial charge in [0.15, 0.2) is 0 Å². The van der Waals surface area contributed by atoms with Crippen molar-refractivity contribution in [2.45, 2.75) is 39.7 Å². The Morgan fingerprint density at radius 3 is 2.63 bits per heavy atom. The van der Waals surface area contributed by atoms with Gasteiger partial charge in [0, 0.05) is 18.0 Å². The summed E-state index contributed by atoms with van der Waals surface area (Å²) < 4.78 is 5.38. The second-order valence-electron chi connectivity index (χ2n) is 5.89. The van der Waals surface area contributed by atoms with E-state index in [2.05, 4.69) is 24.4 Å². The number of hydrogen-bond acceptors (Lipinski definition) is 3. The summed E-state index contributed by atoms with van der Waals surface area (Å²) in [4.78, 5) is 15.0. The van der Waals surface area contributed by atoms with Crippen molar-refractivity contribution in [2.75, 3.05) is 13.1 Å². The van der Waals surface area contributed by atoms with Gasteiger partial charge in [-0.2, -0.15) is 0 Å². The number of hydrogen-bond donors (Lipinski definition) is 0. The van der Waals surface area contributed by atoms with Crippen LogP contribution in [0.15, 0.2) is 17.5 Å². The summed E-state index contributed by atoms with van der Waals surface area (Å²) in [6.07, 6.45) is 2.82. The smallest absolute Gasteiger partial charge is 0.410 e. The van der Waals surface area contributed by atoms with E-state index in [1.807, 2.05) is 20.8 Å². The van der Waals surface area contributed by atoms with E-state index in [0.717, 1.165) is 13.0 Å². The van der Waals surface area contributed by atoms with Crippen molar-refractivity contribution in [1.82, 2.24) is 4.90 Å². The van der Waals surface area contributed by atoms with Gasteiger partial charge in [-0.3, -0.25) is 0 Å². The summed E-state index contributed by atoms with van der Waals surface area (Å²) in [6.45, 7) is 9.16. The average molecular weight is 279 g/mol. The van der Waals surface area contributed by atoms with E-state index in [-0.39, 0.29) is 6.09 Å². The number of nitrogens with zero attached hydrogens (tertiary/aromatic N) is 1. The third-order valence-corrected chi connectivity index (χ3v) is 4.03. The lowest BCUT2D eigenvalue weighted by Crippen LogP contribution is -2.39. The Hall–Kier alpha value is -1.29. The lowest BCUT2D eigenvalue weighted by Gasteiger charge is -2.29. The summed E-state index contributed by atoms with van der Waals surface area (Å²) >= 11 is 1.77. The first-order chi connectivity index (χ1) is 8.85. The van der Waals surface area contributed by atoms with Gasteiger partial charge in [-0.15, -0.1) is 11.3 Å². The third-order valence-electron chi connectivity index (χ3n) is 2.91. The van der Waals surface area contributed by atoms with Crippen molar-refractivity contribution in [3.8, 4) is 0 Å². The molecule has 2 rings (SSSR count). The zero-order chi connectivity index (χ0) is 14.0. The number of rotatable bonds is 1. The highest BCUT2D eigenvalue weighted by molar-refractivity contribution is 7.11. The second-order valence-corrected chi connectivity index (χ2v) is 6.81. The summed E-state index contributed by atoms with van der Waals surface area (Å²) in [6, 6.07) is 2.21. The molecule has 4 heteroatoms. The maximum atomic E-state index is 11.9. The maximum absolute atomic E-state index is 11.9. The van der Waals surface area contributed by atoms with Gasteiger partial charge in [0.05, 0.1) is 0 Å². The first-order valence-electron chi connectivity index (χ1n) is 6.57. The van der Waals surface area contributed by atoms with Crippen molar-refractivity contribution in [2.24, 2.45) is 0 Å². The van der Waals surface area contributed by atoms with Gasteiger partial charge in [0.1, 0.15) is 5.60 Å². The molecule has 1 aliphatic heterocycles. The molecule has 1 aromatic heterocycles. The van der Waals surface area contributed by atoms with Crippen LogP contribution in [0.3, 0.4) is 0 Å². The van der Waals surface area contributed by atoms with Crippen molar-refractivity contribution >= 4 is 23.0 Å². The van der Waals surface area contributed by atoms with E-state index in [0.29, 0.717) is 6.54 Å². The van der Waals surface area contributed by atoms with Crippen LogP contribution in [0.5, 0.6) is 0 Å². The summed E-state index contributed by atoms with van der Waals surface area (Å²) in [5.74, 6) is 0. The summed E-state index contributed by atoms with van der Waals surface area (Å²) in [5.41, 5.74) is 2.22. The van der Waals surface area contributed by atoms with E-state index in [4.69, 9.17) is 4.74 Å². The molecule has 0 fully saturated rings. The van der Waals surface area contributed by atoms with E-state index in [1.54, 1.807) is 16.2 Å². The highest BCUT2D eigenvalue weighted by Crippen LogP contribution is 2.28. The maximum Gasteiger partial charge on any atom is 0.410 e. The van der Waals surface area contributed by atoms with Crippen LogP contribution < -0.4 is 0 Å². The Morgan fingerprint density at radius 2 is 2.16 bits per heavy atom. The fraction of sp³-hybridized carbons (Fsp3) is 0.533. The first-order valence-corrected chi connectivity index (χ1v) is 7.45. The van der Waals surface area contributed by atoms with E-state index in [9.17, 15) is 4.79 Å². The Kier molecular flexibility index (Phi) is 3.99. The molecule has 0 radical (unpaired) electrons. The van der Waals surface area contributed by atoms with E-state index >= 15 is 0 Å². The molecule has 0 bridgehead atoms. The van der Waals surface area contributed by atoms with E-state index in [1.165, 1.54) is 16.0 Å². The third kappa shape index (κ3) is 3.83. The summed E-state index contributed by atoms with van der Waals surface area (Å²) in [7, 11) is 0. The van der Waals surface area contributed by atoms with Crippen LogP contribution in [0.25, 0.3) is 5.57 Å². The SMILES string of the molecule is Cc1csc(C2=CCN(C(=O)OC(C)(C)C)CC2)c1.